The van der Waals surface area contributed by atoms with E-state index in [1.165, 1.54) is 12.8 Å². The second kappa shape index (κ2) is 18.4. The van der Waals surface area contributed by atoms with E-state index in [4.69, 9.17) is 38.7 Å². The molecule has 3 aliphatic carbocycles. The highest BCUT2D eigenvalue weighted by molar-refractivity contribution is 5.94. The van der Waals surface area contributed by atoms with E-state index >= 15 is 0 Å². The van der Waals surface area contributed by atoms with Crippen molar-refractivity contribution >= 4 is 11.9 Å². The van der Waals surface area contributed by atoms with Gasteiger partial charge in [-0.25, -0.2) is 0 Å². The number of piperidine rings is 1. The van der Waals surface area contributed by atoms with Crippen LogP contribution in [0.5, 0.6) is 11.5 Å². The van der Waals surface area contributed by atoms with Crippen LogP contribution in [-0.4, -0.2) is 136 Å². The van der Waals surface area contributed by atoms with Gasteiger partial charge >= 0.3 is 5.97 Å². The van der Waals surface area contributed by atoms with Crippen LogP contribution in [0, 0.1) is 5.92 Å². The number of aromatic nitrogens is 1. The van der Waals surface area contributed by atoms with E-state index in [-0.39, 0.29) is 31.0 Å². The lowest BCUT2D eigenvalue weighted by atomic mass is 9.48. The smallest absolute Gasteiger partial charge is 0.313 e. The SMILES string of the molecule is [N-]=[N+]=NCCOCCOCCOCCOCCOCCC(=O)Oc1ccc2c3c1OC1C(NC(=O)c4ccncc4)CCC4(O)C(C2)N(CC2CC2)CCC314. The van der Waals surface area contributed by atoms with Crippen molar-refractivity contribution in [2.24, 2.45) is 11.0 Å². The number of aliphatic hydroxyl groups is 1. The first-order valence-electron chi connectivity index (χ1n) is 19.5. The normalized spacial score (nSPS) is 26.1. The molecule has 3 fully saturated rings. The number of nitrogens with one attached hydrogen (secondary N) is 1. The van der Waals surface area contributed by atoms with Gasteiger partial charge in [0.25, 0.3) is 5.91 Å². The minimum Gasteiger partial charge on any atom is -0.483 e. The number of carbonyl (C=O) groups is 2. The molecular formula is C39H52N6O10. The average Bonchev–Trinajstić information content (AvgIpc) is 3.94. The molecule has 2 bridgehead atoms. The maximum Gasteiger partial charge on any atom is 0.313 e. The molecular weight excluding hydrogens is 712 g/mol. The molecule has 2 saturated carbocycles. The highest BCUT2D eigenvalue weighted by Gasteiger charge is 2.73. The molecule has 3 heterocycles. The third-order valence-corrected chi connectivity index (χ3v) is 11.6. The molecule has 1 amide bonds. The lowest BCUT2D eigenvalue weighted by molar-refractivity contribution is -0.191. The molecule has 2 N–H and O–H groups in total. The summed E-state index contributed by atoms with van der Waals surface area (Å²) in [6.45, 7) is 5.89. The van der Waals surface area contributed by atoms with Crippen LogP contribution in [0.3, 0.4) is 0 Å². The number of likely N-dealkylation sites (tertiary alicyclic amines) is 1. The van der Waals surface area contributed by atoms with Gasteiger partial charge in [0.2, 0.25) is 0 Å². The highest BCUT2D eigenvalue weighted by Crippen LogP contribution is 2.65. The number of benzene rings is 1. The number of amides is 1. The van der Waals surface area contributed by atoms with E-state index < -0.39 is 23.1 Å². The molecule has 2 aromatic rings. The Morgan fingerprint density at radius 2 is 1.60 bits per heavy atom. The standard InChI is InChI=1S/C39H52N6O10/c40-44-42-13-16-50-18-20-52-22-24-53-23-21-51-19-17-49-15-8-33(46)54-31-4-3-29-25-32-39(48)9-5-30(43-37(47)28-6-11-41-12-7-28)36-38(39,34(29)35(31)55-36)10-14-45(32)26-27-1-2-27/h3-4,6-7,11-12,27,30,32,36,48H,1-2,5,8-10,13-26H2,(H,43,47). The maximum absolute atomic E-state index is 13.4. The molecule has 16 nitrogen and oxygen atoms in total. The van der Waals surface area contributed by atoms with Crippen molar-refractivity contribution in [2.45, 2.75) is 74.1 Å². The van der Waals surface area contributed by atoms with Gasteiger partial charge in [-0.2, -0.15) is 0 Å². The zero-order valence-corrected chi connectivity index (χ0v) is 31.3. The van der Waals surface area contributed by atoms with E-state index in [1.807, 2.05) is 12.1 Å². The molecule has 16 heteroatoms. The van der Waals surface area contributed by atoms with Crippen molar-refractivity contribution < 1.29 is 47.9 Å². The van der Waals surface area contributed by atoms with Gasteiger partial charge in [0.1, 0.15) is 6.10 Å². The average molecular weight is 765 g/mol. The van der Waals surface area contributed by atoms with Gasteiger partial charge in [-0.1, -0.05) is 11.2 Å². The van der Waals surface area contributed by atoms with E-state index in [1.54, 1.807) is 24.5 Å². The summed E-state index contributed by atoms with van der Waals surface area (Å²) in [6, 6.07) is 6.81. The number of rotatable bonds is 23. The zero-order chi connectivity index (χ0) is 38.1. The van der Waals surface area contributed by atoms with Gasteiger partial charge in [0.05, 0.1) is 89.5 Å². The Balaban J connectivity index is 0.890. The molecule has 1 saturated heterocycles. The fourth-order valence-electron chi connectivity index (χ4n) is 8.92. The quantitative estimate of drug-likeness (QED) is 0.0420. The first-order valence-corrected chi connectivity index (χ1v) is 19.5. The van der Waals surface area contributed by atoms with Gasteiger partial charge < -0.3 is 43.6 Å². The van der Waals surface area contributed by atoms with Gasteiger partial charge in [0.15, 0.2) is 11.5 Å². The number of ether oxygens (including phenoxy) is 7. The van der Waals surface area contributed by atoms with Gasteiger partial charge in [-0.3, -0.25) is 19.5 Å². The molecule has 1 aromatic heterocycles. The maximum atomic E-state index is 13.4. The van der Waals surface area contributed by atoms with E-state index in [0.717, 1.165) is 24.2 Å². The Hall–Kier alpha value is -3.86. The Morgan fingerprint density at radius 3 is 2.27 bits per heavy atom. The summed E-state index contributed by atoms with van der Waals surface area (Å²) >= 11 is 0. The second-order valence-electron chi connectivity index (χ2n) is 14.9. The summed E-state index contributed by atoms with van der Waals surface area (Å²) in [5, 5.41) is 19.5. The van der Waals surface area contributed by atoms with Crippen molar-refractivity contribution in [1.29, 1.82) is 0 Å². The van der Waals surface area contributed by atoms with Crippen LogP contribution in [-0.2, 0) is 40.3 Å². The summed E-state index contributed by atoms with van der Waals surface area (Å²) in [5.41, 5.74) is 8.97. The lowest BCUT2D eigenvalue weighted by Crippen LogP contribution is -2.78. The number of nitrogens with zero attached hydrogens (tertiary/aromatic N) is 5. The molecule has 5 aliphatic rings. The Morgan fingerprint density at radius 1 is 0.927 bits per heavy atom. The van der Waals surface area contributed by atoms with Crippen LogP contribution in [0.25, 0.3) is 10.4 Å². The molecule has 7 rings (SSSR count). The van der Waals surface area contributed by atoms with Crippen LogP contribution in [0.1, 0.15) is 60.0 Å². The first-order chi connectivity index (χ1) is 26.9. The summed E-state index contributed by atoms with van der Waals surface area (Å²) in [7, 11) is 0. The van der Waals surface area contributed by atoms with Crippen LogP contribution in [0.15, 0.2) is 41.8 Å². The molecule has 5 atom stereocenters. The molecule has 5 unspecified atom stereocenters. The largest absolute Gasteiger partial charge is 0.483 e. The van der Waals surface area contributed by atoms with Crippen molar-refractivity contribution in [3.63, 3.8) is 0 Å². The molecule has 298 valence electrons. The van der Waals surface area contributed by atoms with Crippen LogP contribution < -0.4 is 14.8 Å². The molecule has 55 heavy (non-hydrogen) atoms. The predicted molar refractivity (Wildman–Crippen MR) is 197 cm³/mol. The molecule has 1 aromatic carbocycles. The third-order valence-electron chi connectivity index (χ3n) is 11.6. The summed E-state index contributed by atoms with van der Waals surface area (Å²) < 4.78 is 40.1. The topological polar surface area (TPSA) is 196 Å². The van der Waals surface area contributed by atoms with Crippen LogP contribution in [0.2, 0.25) is 0 Å². The molecule has 2 aliphatic heterocycles. The monoisotopic (exact) mass is 764 g/mol. The van der Waals surface area contributed by atoms with E-state index in [0.29, 0.717) is 115 Å². The second-order valence-corrected chi connectivity index (χ2v) is 14.9. The van der Waals surface area contributed by atoms with Crippen molar-refractivity contribution in [3.05, 3.63) is 63.8 Å². The van der Waals surface area contributed by atoms with Crippen molar-refractivity contribution in [1.82, 2.24) is 15.2 Å². The zero-order valence-electron chi connectivity index (χ0n) is 31.3. The van der Waals surface area contributed by atoms with Gasteiger partial charge in [-0.05, 0) is 80.3 Å². The number of esters is 1. The first kappa shape index (κ1) is 39.4. The van der Waals surface area contributed by atoms with Gasteiger partial charge in [0, 0.05) is 47.6 Å². The summed E-state index contributed by atoms with van der Waals surface area (Å²) in [5.74, 6) is 0.868. The van der Waals surface area contributed by atoms with Crippen molar-refractivity contribution in [3.8, 4) is 11.5 Å². The number of carbonyl (C=O) groups excluding carboxylic acids is 2. The molecule has 1 spiro atoms. The number of hydrogen-bond donors (Lipinski definition) is 2. The van der Waals surface area contributed by atoms with E-state index in [2.05, 4.69) is 25.2 Å². The van der Waals surface area contributed by atoms with E-state index in [9.17, 15) is 14.7 Å². The molecule has 0 radical (unpaired) electrons. The van der Waals surface area contributed by atoms with Crippen LogP contribution >= 0.6 is 0 Å². The minimum absolute atomic E-state index is 0.0415. The fraction of sp³-hybridized carbons (Fsp3) is 0.667. The number of azide groups is 1. The predicted octanol–water partition coefficient (Wildman–Crippen LogP) is 3.13. The lowest BCUT2D eigenvalue weighted by Gasteiger charge is -2.64. The van der Waals surface area contributed by atoms with Crippen molar-refractivity contribution in [2.75, 3.05) is 85.7 Å². The highest BCUT2D eigenvalue weighted by atomic mass is 16.6. The Bertz CT molecular complexity index is 1680. The number of hydrogen-bond acceptors (Lipinski definition) is 13. The Kier molecular flexibility index (Phi) is 13.2. The minimum atomic E-state index is -1.05. The number of pyridine rings is 1. The summed E-state index contributed by atoms with van der Waals surface area (Å²) in [6.07, 6.45) is 7.68. The third kappa shape index (κ3) is 8.76. The van der Waals surface area contributed by atoms with Gasteiger partial charge in [-0.15, -0.1) is 0 Å². The fourth-order valence-corrected chi connectivity index (χ4v) is 8.92. The Labute approximate surface area is 320 Å². The summed E-state index contributed by atoms with van der Waals surface area (Å²) in [4.78, 5) is 35.7. The van der Waals surface area contributed by atoms with Crippen LogP contribution in [0.4, 0.5) is 0 Å².